The lowest BCUT2D eigenvalue weighted by atomic mass is 9.98. The van der Waals surface area contributed by atoms with Crippen molar-refractivity contribution < 1.29 is 9.21 Å². The molecule has 0 bridgehead atoms. The van der Waals surface area contributed by atoms with E-state index in [9.17, 15) is 9.59 Å². The summed E-state index contributed by atoms with van der Waals surface area (Å²) in [5.74, 6) is 0.791. The van der Waals surface area contributed by atoms with Gasteiger partial charge in [0, 0.05) is 13.0 Å². The van der Waals surface area contributed by atoms with E-state index in [0.29, 0.717) is 30.2 Å². The molecule has 0 saturated carbocycles. The third-order valence-electron chi connectivity index (χ3n) is 5.17. The molecule has 0 atom stereocenters. The number of rotatable bonds is 7. The smallest absolute Gasteiger partial charge is 0.349 e. The Bertz CT molecular complexity index is 814. The zero-order chi connectivity index (χ0) is 19.1. The van der Waals surface area contributed by atoms with E-state index >= 15 is 0 Å². The molecule has 1 amide bonds. The molecule has 1 saturated heterocycles. The first-order valence-electron chi connectivity index (χ1n) is 9.80. The van der Waals surface area contributed by atoms with Crippen LogP contribution >= 0.6 is 12.4 Å². The fourth-order valence-electron chi connectivity index (χ4n) is 3.59. The van der Waals surface area contributed by atoms with Gasteiger partial charge in [-0.05, 0) is 68.8 Å². The maximum Gasteiger partial charge on any atom is 0.349 e. The maximum atomic E-state index is 12.5. The van der Waals surface area contributed by atoms with Gasteiger partial charge in [0.15, 0.2) is 0 Å². The molecule has 1 fully saturated rings. The average Bonchev–Trinajstić information content (AvgIpc) is 2.67. The summed E-state index contributed by atoms with van der Waals surface area (Å²) in [5, 5.41) is 6.22. The molecule has 0 aliphatic carbocycles. The van der Waals surface area contributed by atoms with E-state index in [2.05, 4.69) is 22.8 Å². The van der Waals surface area contributed by atoms with Crippen LogP contribution in [0, 0.1) is 12.8 Å². The first-order valence-corrected chi connectivity index (χ1v) is 9.80. The third kappa shape index (κ3) is 6.21. The predicted molar refractivity (Wildman–Crippen MR) is 113 cm³/mol. The summed E-state index contributed by atoms with van der Waals surface area (Å²) in [6.45, 7) is 4.38. The molecule has 1 aliphatic heterocycles. The number of carbonyl (C=O) groups is 1. The molecule has 1 aromatic heterocycles. The van der Waals surface area contributed by atoms with Crippen molar-refractivity contribution in [3.63, 3.8) is 0 Å². The van der Waals surface area contributed by atoms with E-state index in [0.717, 1.165) is 38.8 Å². The second-order valence-corrected chi connectivity index (χ2v) is 7.30. The molecule has 3 rings (SSSR count). The number of amides is 1. The summed E-state index contributed by atoms with van der Waals surface area (Å²) in [7, 11) is 0. The number of halogens is 1. The Morgan fingerprint density at radius 3 is 2.57 bits per heavy atom. The van der Waals surface area contributed by atoms with Crippen LogP contribution in [-0.4, -0.2) is 25.5 Å². The molecule has 2 N–H and O–H groups in total. The number of piperidine rings is 1. The molecule has 6 heteroatoms. The highest BCUT2D eigenvalue weighted by Crippen LogP contribution is 2.13. The molecule has 0 unspecified atom stereocenters. The van der Waals surface area contributed by atoms with Crippen molar-refractivity contribution in [3.8, 4) is 0 Å². The monoisotopic (exact) mass is 404 g/mol. The Morgan fingerprint density at radius 2 is 1.89 bits per heavy atom. The molecule has 28 heavy (non-hydrogen) atoms. The zero-order valence-electron chi connectivity index (χ0n) is 16.3. The largest absolute Gasteiger partial charge is 0.427 e. The molecule has 1 aromatic carbocycles. The third-order valence-corrected chi connectivity index (χ3v) is 5.17. The summed E-state index contributed by atoms with van der Waals surface area (Å²) in [4.78, 5) is 24.8. The van der Waals surface area contributed by atoms with Gasteiger partial charge >= 0.3 is 5.63 Å². The van der Waals surface area contributed by atoms with Crippen LogP contribution in [0.15, 0.2) is 45.6 Å². The van der Waals surface area contributed by atoms with Crippen LogP contribution in [0.3, 0.4) is 0 Å². The van der Waals surface area contributed by atoms with Gasteiger partial charge in [-0.25, -0.2) is 4.79 Å². The van der Waals surface area contributed by atoms with Crippen LogP contribution in [0.2, 0.25) is 0 Å². The fourth-order valence-corrected chi connectivity index (χ4v) is 3.59. The van der Waals surface area contributed by atoms with E-state index in [4.69, 9.17) is 4.42 Å². The SMILES string of the molecule is Cc1cc(CCCc2ccccc2)oc(=O)c1C(=O)NCC1CCNCC1.Cl. The zero-order valence-corrected chi connectivity index (χ0v) is 17.1. The maximum absolute atomic E-state index is 12.5. The lowest BCUT2D eigenvalue weighted by Crippen LogP contribution is -2.37. The summed E-state index contributed by atoms with van der Waals surface area (Å²) >= 11 is 0. The lowest BCUT2D eigenvalue weighted by molar-refractivity contribution is 0.0939. The van der Waals surface area contributed by atoms with Crippen molar-refractivity contribution >= 4 is 18.3 Å². The Kier molecular flexibility index (Phi) is 8.74. The van der Waals surface area contributed by atoms with E-state index < -0.39 is 5.63 Å². The van der Waals surface area contributed by atoms with Crippen LogP contribution in [0.25, 0.3) is 0 Å². The lowest BCUT2D eigenvalue weighted by Gasteiger charge is -2.22. The van der Waals surface area contributed by atoms with E-state index in [1.54, 1.807) is 6.92 Å². The molecular formula is C22H29ClN2O3. The Morgan fingerprint density at radius 1 is 1.18 bits per heavy atom. The van der Waals surface area contributed by atoms with Gasteiger partial charge in [0.2, 0.25) is 0 Å². The molecule has 2 heterocycles. The summed E-state index contributed by atoms with van der Waals surface area (Å²) in [6.07, 6.45) is 4.61. The van der Waals surface area contributed by atoms with Crippen molar-refractivity contribution in [3.05, 3.63) is 69.3 Å². The van der Waals surface area contributed by atoms with Gasteiger partial charge in [-0.2, -0.15) is 0 Å². The van der Waals surface area contributed by atoms with Crippen LogP contribution < -0.4 is 16.3 Å². The van der Waals surface area contributed by atoms with Crippen LogP contribution in [0.1, 0.15) is 46.5 Å². The standard InChI is InChI=1S/C22H28N2O3.ClH/c1-16-14-19(9-5-8-17-6-3-2-4-7-17)27-22(26)20(16)21(25)24-15-18-10-12-23-13-11-18;/h2-4,6-7,14,18,23H,5,8-13,15H2,1H3,(H,24,25);1H. The van der Waals surface area contributed by atoms with Gasteiger partial charge in [-0.1, -0.05) is 30.3 Å². The van der Waals surface area contributed by atoms with Crippen molar-refractivity contribution in [1.29, 1.82) is 0 Å². The minimum atomic E-state index is -0.535. The van der Waals surface area contributed by atoms with E-state index in [1.165, 1.54) is 5.56 Å². The molecule has 0 radical (unpaired) electrons. The first-order chi connectivity index (χ1) is 13.1. The molecule has 0 spiro atoms. The van der Waals surface area contributed by atoms with Crippen molar-refractivity contribution in [2.45, 2.75) is 39.0 Å². The second-order valence-electron chi connectivity index (χ2n) is 7.30. The predicted octanol–water partition coefficient (Wildman–Crippen LogP) is 3.27. The first kappa shape index (κ1) is 22.2. The summed E-state index contributed by atoms with van der Waals surface area (Å²) < 4.78 is 5.41. The number of hydrogen-bond donors (Lipinski definition) is 2. The minimum absolute atomic E-state index is 0. The van der Waals surface area contributed by atoms with E-state index in [1.807, 2.05) is 24.3 Å². The number of aryl methyl sites for hydroxylation is 3. The molecule has 152 valence electrons. The van der Waals surface area contributed by atoms with Gasteiger partial charge in [0.05, 0.1) is 0 Å². The highest BCUT2D eigenvalue weighted by molar-refractivity contribution is 5.95. The van der Waals surface area contributed by atoms with Gasteiger partial charge < -0.3 is 15.1 Å². The quantitative estimate of drug-likeness (QED) is 0.742. The second kappa shape index (κ2) is 11.0. The summed E-state index contributed by atoms with van der Waals surface area (Å²) in [6, 6.07) is 12.1. The van der Waals surface area contributed by atoms with E-state index in [-0.39, 0.29) is 23.9 Å². The minimum Gasteiger partial charge on any atom is -0.427 e. The highest BCUT2D eigenvalue weighted by atomic mass is 35.5. The Balaban J connectivity index is 0.00000280. The Hall–Kier alpha value is -2.11. The van der Waals surface area contributed by atoms with Crippen LogP contribution in [0.4, 0.5) is 0 Å². The number of nitrogens with one attached hydrogen (secondary N) is 2. The number of benzene rings is 1. The van der Waals surface area contributed by atoms with Crippen molar-refractivity contribution in [1.82, 2.24) is 10.6 Å². The molecule has 5 nitrogen and oxygen atoms in total. The fraction of sp³-hybridized carbons (Fsp3) is 0.455. The van der Waals surface area contributed by atoms with Gasteiger partial charge in [0.1, 0.15) is 11.3 Å². The van der Waals surface area contributed by atoms with Crippen LogP contribution in [0.5, 0.6) is 0 Å². The topological polar surface area (TPSA) is 71.3 Å². The normalized spacial score (nSPS) is 14.3. The van der Waals surface area contributed by atoms with Crippen molar-refractivity contribution in [2.75, 3.05) is 19.6 Å². The Labute approximate surface area is 172 Å². The average molecular weight is 405 g/mol. The number of carbonyl (C=O) groups excluding carboxylic acids is 1. The summed E-state index contributed by atoms with van der Waals surface area (Å²) in [5.41, 5.74) is 1.55. The molecule has 2 aromatic rings. The van der Waals surface area contributed by atoms with Gasteiger partial charge in [-0.3, -0.25) is 4.79 Å². The van der Waals surface area contributed by atoms with Crippen LogP contribution in [-0.2, 0) is 12.8 Å². The number of hydrogen-bond acceptors (Lipinski definition) is 4. The van der Waals surface area contributed by atoms with Crippen molar-refractivity contribution in [2.24, 2.45) is 5.92 Å². The molecule has 1 aliphatic rings. The molecular weight excluding hydrogens is 376 g/mol. The van der Waals surface area contributed by atoms with Gasteiger partial charge in [-0.15, -0.1) is 12.4 Å². The van der Waals surface area contributed by atoms with Gasteiger partial charge in [0.25, 0.3) is 5.91 Å². The highest BCUT2D eigenvalue weighted by Gasteiger charge is 2.19.